The van der Waals surface area contributed by atoms with Gasteiger partial charge in [0.25, 0.3) is 0 Å². The molecule has 3 aromatic rings. The Morgan fingerprint density at radius 2 is 2.04 bits per heavy atom. The summed E-state index contributed by atoms with van der Waals surface area (Å²) in [6.45, 7) is 7.47. The lowest BCUT2D eigenvalue weighted by molar-refractivity contribution is -0.128. The van der Waals surface area contributed by atoms with E-state index in [-0.39, 0.29) is 5.75 Å². The molecule has 0 saturated carbocycles. The van der Waals surface area contributed by atoms with E-state index in [2.05, 4.69) is 23.7 Å². The second-order valence-electron chi connectivity index (χ2n) is 6.16. The van der Waals surface area contributed by atoms with Crippen molar-refractivity contribution in [2.45, 2.75) is 33.1 Å². The molecule has 0 spiro atoms. The highest BCUT2D eigenvalue weighted by atomic mass is 16.5. The molecule has 0 saturated heterocycles. The van der Waals surface area contributed by atoms with E-state index in [9.17, 15) is 9.90 Å². The number of carbonyl (C=O) groups excluding carboxylic acids is 1. The molecule has 6 heteroatoms. The van der Waals surface area contributed by atoms with Crippen molar-refractivity contribution in [3.05, 3.63) is 54.1 Å². The number of unbranched alkanes of at least 4 members (excludes halogenated alkanes) is 1. The number of phenolic OH excluding ortho intramolecular Hbond substituents is 1. The Morgan fingerprint density at radius 3 is 2.77 bits per heavy atom. The van der Waals surface area contributed by atoms with Crippen LogP contribution in [-0.4, -0.2) is 26.1 Å². The summed E-state index contributed by atoms with van der Waals surface area (Å²) in [5.74, 6) is 0.0304. The summed E-state index contributed by atoms with van der Waals surface area (Å²) in [6.07, 6.45) is 3.96. The van der Waals surface area contributed by atoms with Crippen molar-refractivity contribution in [3.8, 4) is 17.2 Å². The first-order valence-corrected chi connectivity index (χ1v) is 8.56. The molecule has 0 fully saturated rings. The Balaban J connectivity index is 2.01. The summed E-state index contributed by atoms with van der Waals surface area (Å²) in [7, 11) is 0. The van der Waals surface area contributed by atoms with Gasteiger partial charge in [-0.15, -0.1) is 15.0 Å². The van der Waals surface area contributed by atoms with Gasteiger partial charge in [-0.1, -0.05) is 26.0 Å². The largest absolute Gasteiger partial charge is 0.505 e. The van der Waals surface area contributed by atoms with Crippen LogP contribution in [-0.2, 0) is 11.2 Å². The second kappa shape index (κ2) is 7.39. The number of hydrogen-bond acceptors (Lipinski definition) is 5. The minimum atomic E-state index is -0.534. The van der Waals surface area contributed by atoms with Crippen molar-refractivity contribution in [3.63, 3.8) is 0 Å². The van der Waals surface area contributed by atoms with Crippen LogP contribution >= 0.6 is 0 Å². The van der Waals surface area contributed by atoms with Crippen LogP contribution in [0.2, 0.25) is 0 Å². The molecule has 0 aliphatic rings. The van der Waals surface area contributed by atoms with Crippen molar-refractivity contribution >= 4 is 17.0 Å². The second-order valence-corrected chi connectivity index (χ2v) is 6.16. The van der Waals surface area contributed by atoms with Crippen LogP contribution in [0.1, 0.15) is 30.9 Å². The quantitative estimate of drug-likeness (QED) is 0.414. The van der Waals surface area contributed by atoms with Gasteiger partial charge in [0.2, 0.25) is 0 Å². The fourth-order valence-corrected chi connectivity index (χ4v) is 2.77. The summed E-state index contributed by atoms with van der Waals surface area (Å²) in [4.78, 5) is 12.8. The summed E-state index contributed by atoms with van der Waals surface area (Å²) >= 11 is 0. The molecule has 6 nitrogen and oxygen atoms in total. The number of ether oxygens (including phenoxy) is 1. The highest BCUT2D eigenvalue weighted by molar-refractivity contribution is 5.84. The van der Waals surface area contributed by atoms with E-state index in [1.54, 1.807) is 18.2 Å². The third-order valence-electron chi connectivity index (χ3n) is 4.07. The summed E-state index contributed by atoms with van der Waals surface area (Å²) < 4.78 is 5.11. The van der Waals surface area contributed by atoms with Crippen molar-refractivity contribution < 1.29 is 14.6 Å². The summed E-state index contributed by atoms with van der Waals surface area (Å²) in [6, 6.07) is 8.83. The Kier molecular flexibility index (Phi) is 5.02. The first-order chi connectivity index (χ1) is 12.5. The summed E-state index contributed by atoms with van der Waals surface area (Å²) in [5, 5.41) is 19.5. The number of hydrogen-bond donors (Lipinski definition) is 1. The molecule has 0 unspecified atom stereocenters. The molecule has 1 heterocycles. The molecule has 0 radical (unpaired) electrons. The predicted octanol–water partition coefficient (Wildman–Crippen LogP) is 3.87. The highest BCUT2D eigenvalue weighted by Crippen LogP contribution is 2.29. The third-order valence-corrected chi connectivity index (χ3v) is 4.07. The number of esters is 1. The van der Waals surface area contributed by atoms with Crippen LogP contribution in [0.25, 0.3) is 16.7 Å². The smallest absolute Gasteiger partial charge is 0.335 e. The molecule has 1 aromatic heterocycles. The maximum absolute atomic E-state index is 11.3. The number of aromatic hydroxyl groups is 1. The van der Waals surface area contributed by atoms with Gasteiger partial charge < -0.3 is 9.84 Å². The fraction of sp³-hybridized carbons (Fsp3) is 0.250. The monoisotopic (exact) mass is 351 g/mol. The van der Waals surface area contributed by atoms with Gasteiger partial charge in [-0.3, -0.25) is 0 Å². The Hall–Kier alpha value is -3.15. The average molecular weight is 351 g/mol. The molecule has 134 valence electrons. The minimum Gasteiger partial charge on any atom is -0.505 e. The van der Waals surface area contributed by atoms with E-state index < -0.39 is 5.97 Å². The van der Waals surface area contributed by atoms with E-state index in [1.165, 1.54) is 4.80 Å². The Bertz CT molecular complexity index is 976. The van der Waals surface area contributed by atoms with Crippen LogP contribution in [0.4, 0.5) is 0 Å². The van der Waals surface area contributed by atoms with Gasteiger partial charge in [0.1, 0.15) is 28.2 Å². The average Bonchev–Trinajstić information content (AvgIpc) is 3.05. The summed E-state index contributed by atoms with van der Waals surface area (Å²) in [5.41, 5.74) is 3.67. The van der Waals surface area contributed by atoms with E-state index in [0.29, 0.717) is 22.5 Å². The Labute approximate surface area is 151 Å². The molecule has 26 heavy (non-hydrogen) atoms. The lowest BCUT2D eigenvalue weighted by atomic mass is 10.0. The molecule has 2 aromatic carbocycles. The van der Waals surface area contributed by atoms with Gasteiger partial charge in [0.05, 0.1) is 0 Å². The molecule has 0 bridgehead atoms. The predicted molar refractivity (Wildman–Crippen MR) is 99.7 cm³/mol. The molecular formula is C20H21N3O3. The van der Waals surface area contributed by atoms with Crippen LogP contribution < -0.4 is 4.74 Å². The van der Waals surface area contributed by atoms with E-state index in [4.69, 9.17) is 4.74 Å². The number of benzene rings is 2. The number of carbonyl (C=O) groups is 1. The van der Waals surface area contributed by atoms with Crippen molar-refractivity contribution in [2.75, 3.05) is 0 Å². The van der Waals surface area contributed by atoms with Crippen molar-refractivity contribution in [2.24, 2.45) is 0 Å². The lowest BCUT2D eigenvalue weighted by Crippen LogP contribution is -2.02. The lowest BCUT2D eigenvalue weighted by Gasteiger charge is -2.10. The molecule has 0 atom stereocenters. The minimum absolute atomic E-state index is 0.197. The molecule has 0 amide bonds. The number of rotatable bonds is 6. The van der Waals surface area contributed by atoms with Crippen molar-refractivity contribution in [1.82, 2.24) is 15.0 Å². The zero-order valence-corrected chi connectivity index (χ0v) is 14.9. The van der Waals surface area contributed by atoms with Crippen molar-refractivity contribution in [1.29, 1.82) is 0 Å². The standard InChI is InChI=1S/C20H21N3O3/c1-4-6-7-14-10-13(3)11-18(20(14)25)23-21-16-9-8-15(12-17(16)22-23)26-19(24)5-2/h5,8-12,25H,2,4,6-7H2,1,3H3. The first kappa shape index (κ1) is 17.7. The van der Waals surface area contributed by atoms with Gasteiger partial charge in [0, 0.05) is 12.1 Å². The van der Waals surface area contributed by atoms with Gasteiger partial charge in [-0.25, -0.2) is 4.79 Å². The van der Waals surface area contributed by atoms with Crippen LogP contribution in [0.3, 0.4) is 0 Å². The first-order valence-electron chi connectivity index (χ1n) is 8.56. The van der Waals surface area contributed by atoms with E-state index >= 15 is 0 Å². The number of phenols is 1. The van der Waals surface area contributed by atoms with Crippen LogP contribution in [0.15, 0.2) is 43.0 Å². The highest BCUT2D eigenvalue weighted by Gasteiger charge is 2.14. The number of aryl methyl sites for hydroxylation is 2. The van der Waals surface area contributed by atoms with Gasteiger partial charge in [-0.2, -0.15) is 0 Å². The van der Waals surface area contributed by atoms with Gasteiger partial charge in [-0.05, 0) is 49.1 Å². The van der Waals surface area contributed by atoms with E-state index in [1.807, 2.05) is 19.1 Å². The van der Waals surface area contributed by atoms with E-state index in [0.717, 1.165) is 36.5 Å². The zero-order valence-electron chi connectivity index (χ0n) is 14.9. The van der Waals surface area contributed by atoms with Crippen LogP contribution in [0.5, 0.6) is 11.5 Å². The molecule has 0 aliphatic carbocycles. The van der Waals surface area contributed by atoms with Gasteiger partial charge >= 0.3 is 5.97 Å². The Morgan fingerprint density at radius 1 is 1.27 bits per heavy atom. The third kappa shape index (κ3) is 3.59. The maximum atomic E-state index is 11.3. The fourth-order valence-electron chi connectivity index (χ4n) is 2.77. The molecule has 3 rings (SSSR count). The molecular weight excluding hydrogens is 330 g/mol. The zero-order chi connectivity index (χ0) is 18.7. The molecule has 1 N–H and O–H groups in total. The SMILES string of the molecule is C=CC(=O)Oc1ccc2nn(-c3cc(C)cc(CCCC)c3O)nc2c1. The van der Waals surface area contributed by atoms with Gasteiger partial charge in [0.15, 0.2) is 0 Å². The van der Waals surface area contributed by atoms with Crippen LogP contribution in [0, 0.1) is 6.92 Å². The number of nitrogens with zero attached hydrogens (tertiary/aromatic N) is 3. The number of aromatic nitrogens is 3. The molecule has 0 aliphatic heterocycles. The maximum Gasteiger partial charge on any atom is 0.335 e. The normalized spacial score (nSPS) is 10.8. The topological polar surface area (TPSA) is 77.2 Å². The number of fused-ring (bicyclic) bond motifs is 1.